The van der Waals surface area contributed by atoms with Crippen molar-refractivity contribution in [3.63, 3.8) is 0 Å². The van der Waals surface area contributed by atoms with Crippen LogP contribution in [0.15, 0.2) is 30.5 Å². The van der Waals surface area contributed by atoms with Crippen molar-refractivity contribution in [2.45, 2.75) is 6.18 Å². The molecule has 1 aromatic heterocycles. The number of anilines is 1. The van der Waals surface area contributed by atoms with Crippen molar-refractivity contribution < 1.29 is 17.9 Å². The van der Waals surface area contributed by atoms with Crippen LogP contribution in [-0.2, 0) is 6.18 Å². The maximum absolute atomic E-state index is 12.5. The highest BCUT2D eigenvalue weighted by atomic mass is 19.4. The van der Waals surface area contributed by atoms with Gasteiger partial charge in [0.15, 0.2) is 0 Å². The Morgan fingerprint density at radius 2 is 1.79 bits per heavy atom. The van der Waals surface area contributed by atoms with E-state index in [0.717, 1.165) is 12.1 Å². The number of nitrogens with zero attached hydrogens (tertiary/aromatic N) is 2. The molecule has 0 saturated heterocycles. The first-order chi connectivity index (χ1) is 8.93. The monoisotopic (exact) mass is 269 g/mol. The lowest BCUT2D eigenvalue weighted by Gasteiger charge is -2.10. The largest absolute Gasteiger partial charge is 0.478 e. The minimum atomic E-state index is -4.36. The Kier molecular flexibility index (Phi) is 3.28. The third kappa shape index (κ3) is 2.59. The summed E-state index contributed by atoms with van der Waals surface area (Å²) in [5, 5.41) is 7.35. The zero-order valence-electron chi connectivity index (χ0n) is 9.90. The van der Waals surface area contributed by atoms with Crippen LogP contribution in [0.3, 0.4) is 0 Å². The van der Waals surface area contributed by atoms with Crippen LogP contribution in [-0.4, -0.2) is 17.3 Å². The molecule has 0 aliphatic rings. The maximum atomic E-state index is 12.5. The molecular formula is C12H10F3N3O. The van der Waals surface area contributed by atoms with Gasteiger partial charge in [-0.05, 0) is 17.7 Å². The first-order valence-corrected chi connectivity index (χ1v) is 5.26. The van der Waals surface area contributed by atoms with E-state index >= 15 is 0 Å². The molecule has 0 atom stereocenters. The van der Waals surface area contributed by atoms with Crippen LogP contribution in [0.4, 0.5) is 18.9 Å². The van der Waals surface area contributed by atoms with Gasteiger partial charge in [-0.1, -0.05) is 12.1 Å². The molecule has 0 amide bonds. The fraction of sp³-hybridized carbons (Fsp3) is 0.167. The van der Waals surface area contributed by atoms with Crippen LogP contribution >= 0.6 is 0 Å². The predicted octanol–water partition coefficient (Wildman–Crippen LogP) is 2.75. The zero-order chi connectivity index (χ0) is 14.0. The summed E-state index contributed by atoms with van der Waals surface area (Å²) >= 11 is 0. The third-order valence-corrected chi connectivity index (χ3v) is 2.57. The number of alkyl halides is 3. The Labute approximate surface area is 107 Å². The number of benzene rings is 1. The van der Waals surface area contributed by atoms with Gasteiger partial charge < -0.3 is 10.5 Å². The Morgan fingerprint density at radius 3 is 2.32 bits per heavy atom. The van der Waals surface area contributed by atoms with Gasteiger partial charge in [-0.15, -0.1) is 5.10 Å². The number of hydrogen-bond donors (Lipinski definition) is 1. The van der Waals surface area contributed by atoms with Gasteiger partial charge in [0.25, 0.3) is 5.88 Å². The van der Waals surface area contributed by atoms with E-state index in [1.54, 1.807) is 0 Å². The Bertz CT molecular complexity index is 582. The van der Waals surface area contributed by atoms with Crippen LogP contribution in [0, 0.1) is 0 Å². The second-order valence-corrected chi connectivity index (χ2v) is 3.76. The fourth-order valence-corrected chi connectivity index (χ4v) is 1.60. The number of aromatic nitrogens is 2. The fourth-order valence-electron chi connectivity index (χ4n) is 1.60. The molecule has 7 heteroatoms. The first kappa shape index (κ1) is 13.1. The summed E-state index contributed by atoms with van der Waals surface area (Å²) in [6.45, 7) is 0. The molecule has 0 bridgehead atoms. The van der Waals surface area contributed by atoms with Crippen molar-refractivity contribution in [3.8, 4) is 17.0 Å². The maximum Gasteiger partial charge on any atom is 0.416 e. The molecule has 4 nitrogen and oxygen atoms in total. The number of methoxy groups -OCH3 is 1. The average Bonchev–Trinajstić information content (AvgIpc) is 2.38. The van der Waals surface area contributed by atoms with E-state index in [9.17, 15) is 13.2 Å². The number of rotatable bonds is 2. The predicted molar refractivity (Wildman–Crippen MR) is 63.4 cm³/mol. The van der Waals surface area contributed by atoms with E-state index in [4.69, 9.17) is 10.5 Å². The van der Waals surface area contributed by atoms with E-state index in [1.807, 2.05) is 0 Å². The normalized spacial score (nSPS) is 11.4. The quantitative estimate of drug-likeness (QED) is 0.910. The lowest BCUT2D eigenvalue weighted by Crippen LogP contribution is -2.04. The van der Waals surface area contributed by atoms with Crippen molar-refractivity contribution in [1.29, 1.82) is 0 Å². The molecule has 2 N–H and O–H groups in total. The highest BCUT2D eigenvalue weighted by molar-refractivity contribution is 5.78. The van der Waals surface area contributed by atoms with Crippen molar-refractivity contribution in [2.24, 2.45) is 0 Å². The topological polar surface area (TPSA) is 61.0 Å². The van der Waals surface area contributed by atoms with Crippen LogP contribution in [0.25, 0.3) is 11.1 Å². The molecule has 0 radical (unpaired) electrons. The molecule has 1 aromatic carbocycles. The summed E-state index contributed by atoms with van der Waals surface area (Å²) in [7, 11) is 1.39. The number of nitrogens with two attached hydrogens (primary N) is 1. The number of nitrogen functional groups attached to an aromatic ring is 1. The molecule has 0 unspecified atom stereocenters. The second-order valence-electron chi connectivity index (χ2n) is 3.76. The van der Waals surface area contributed by atoms with E-state index < -0.39 is 11.7 Å². The minimum absolute atomic E-state index is 0.136. The summed E-state index contributed by atoms with van der Waals surface area (Å²) in [4.78, 5) is 0. The standard InChI is InChI=1S/C12H10F3N3O/c1-19-11-10(16)9(6-17-18-11)7-2-4-8(5-3-7)12(13,14)15/h2-6H,1H3,(H2,16,17). The summed E-state index contributed by atoms with van der Waals surface area (Å²) in [6.07, 6.45) is -2.99. The summed E-state index contributed by atoms with van der Waals surface area (Å²) in [5.41, 5.74) is 6.30. The van der Waals surface area contributed by atoms with Gasteiger partial charge in [0.05, 0.1) is 18.9 Å². The smallest absolute Gasteiger partial charge is 0.416 e. The molecule has 2 rings (SSSR count). The molecule has 0 aliphatic heterocycles. The molecule has 0 aliphatic carbocycles. The Hall–Kier alpha value is -2.31. The molecular weight excluding hydrogens is 259 g/mol. The van der Waals surface area contributed by atoms with Gasteiger partial charge in [0.1, 0.15) is 5.69 Å². The lowest BCUT2D eigenvalue weighted by atomic mass is 10.0. The van der Waals surface area contributed by atoms with Crippen LogP contribution in [0.5, 0.6) is 5.88 Å². The number of hydrogen-bond acceptors (Lipinski definition) is 4. The molecule has 19 heavy (non-hydrogen) atoms. The van der Waals surface area contributed by atoms with Crippen LogP contribution < -0.4 is 10.5 Å². The minimum Gasteiger partial charge on any atom is -0.478 e. The van der Waals surface area contributed by atoms with Crippen LogP contribution in [0.2, 0.25) is 0 Å². The van der Waals surface area contributed by atoms with E-state index in [0.29, 0.717) is 11.1 Å². The van der Waals surface area contributed by atoms with Gasteiger partial charge in [0, 0.05) is 5.56 Å². The van der Waals surface area contributed by atoms with Crippen molar-refractivity contribution in [1.82, 2.24) is 10.2 Å². The molecule has 100 valence electrons. The second kappa shape index (κ2) is 4.75. The summed E-state index contributed by atoms with van der Waals surface area (Å²) in [6, 6.07) is 4.63. The Balaban J connectivity index is 2.43. The van der Waals surface area contributed by atoms with Gasteiger partial charge in [-0.3, -0.25) is 0 Å². The summed E-state index contributed by atoms with van der Waals surface area (Å²) < 4.78 is 42.3. The molecule has 0 spiro atoms. The number of ether oxygens (including phenoxy) is 1. The molecule has 0 fully saturated rings. The molecule has 1 heterocycles. The SMILES string of the molecule is COc1nncc(-c2ccc(C(F)(F)F)cc2)c1N. The van der Waals surface area contributed by atoms with Gasteiger partial charge >= 0.3 is 6.18 Å². The molecule has 0 saturated carbocycles. The first-order valence-electron chi connectivity index (χ1n) is 5.26. The average molecular weight is 269 g/mol. The van der Waals surface area contributed by atoms with E-state index in [1.165, 1.54) is 25.4 Å². The number of halogens is 3. The van der Waals surface area contributed by atoms with E-state index in [-0.39, 0.29) is 11.6 Å². The lowest BCUT2D eigenvalue weighted by molar-refractivity contribution is -0.137. The third-order valence-electron chi connectivity index (χ3n) is 2.57. The Morgan fingerprint density at radius 1 is 1.16 bits per heavy atom. The van der Waals surface area contributed by atoms with Crippen LogP contribution in [0.1, 0.15) is 5.56 Å². The van der Waals surface area contributed by atoms with Crippen molar-refractivity contribution >= 4 is 5.69 Å². The van der Waals surface area contributed by atoms with Gasteiger partial charge in [0.2, 0.25) is 0 Å². The van der Waals surface area contributed by atoms with Gasteiger partial charge in [-0.25, -0.2) is 0 Å². The van der Waals surface area contributed by atoms with Crippen molar-refractivity contribution in [2.75, 3.05) is 12.8 Å². The van der Waals surface area contributed by atoms with E-state index in [2.05, 4.69) is 10.2 Å². The summed E-state index contributed by atoms with van der Waals surface area (Å²) in [5.74, 6) is 0.136. The molecule has 2 aromatic rings. The highest BCUT2D eigenvalue weighted by Crippen LogP contribution is 2.33. The zero-order valence-corrected chi connectivity index (χ0v) is 9.90. The highest BCUT2D eigenvalue weighted by Gasteiger charge is 2.30. The van der Waals surface area contributed by atoms with Crippen molar-refractivity contribution in [3.05, 3.63) is 36.0 Å². The van der Waals surface area contributed by atoms with Gasteiger partial charge in [-0.2, -0.15) is 18.3 Å².